The first kappa shape index (κ1) is 24.0. The maximum atomic E-state index is 12.5. The molecule has 6 nitrogen and oxygen atoms in total. The van der Waals surface area contributed by atoms with Crippen LogP contribution in [-0.2, 0) is 11.3 Å². The maximum absolute atomic E-state index is 12.5. The second-order valence-electron chi connectivity index (χ2n) is 6.79. The SMILES string of the molecule is COc1cc(CNC(=O)COc2ccc(C(=O)c3ccc(Cl)cc3)cc2)ccc1OC(F)F. The molecule has 0 spiro atoms. The Kier molecular flexibility index (Phi) is 8.21. The van der Waals surface area contributed by atoms with Crippen molar-refractivity contribution in [3.63, 3.8) is 0 Å². The highest BCUT2D eigenvalue weighted by atomic mass is 35.5. The lowest BCUT2D eigenvalue weighted by Gasteiger charge is -2.12. The molecule has 0 atom stereocenters. The lowest BCUT2D eigenvalue weighted by molar-refractivity contribution is -0.123. The summed E-state index contributed by atoms with van der Waals surface area (Å²) < 4.78 is 39.6. The molecule has 0 aromatic heterocycles. The van der Waals surface area contributed by atoms with Crippen molar-refractivity contribution >= 4 is 23.3 Å². The third kappa shape index (κ3) is 6.92. The number of amides is 1. The molecule has 1 N–H and O–H groups in total. The first-order valence-corrected chi connectivity index (χ1v) is 10.1. The zero-order valence-electron chi connectivity index (χ0n) is 17.5. The fourth-order valence-electron chi connectivity index (χ4n) is 2.89. The van der Waals surface area contributed by atoms with Crippen LogP contribution in [0.4, 0.5) is 8.78 Å². The Labute approximate surface area is 194 Å². The summed E-state index contributed by atoms with van der Waals surface area (Å²) >= 11 is 5.84. The smallest absolute Gasteiger partial charge is 0.387 e. The van der Waals surface area contributed by atoms with Crippen molar-refractivity contribution < 1.29 is 32.6 Å². The van der Waals surface area contributed by atoms with Crippen LogP contribution in [0.2, 0.25) is 5.02 Å². The minimum Gasteiger partial charge on any atom is -0.493 e. The molecule has 9 heteroatoms. The predicted molar refractivity (Wildman–Crippen MR) is 118 cm³/mol. The molecule has 3 aromatic rings. The monoisotopic (exact) mass is 475 g/mol. The van der Waals surface area contributed by atoms with E-state index >= 15 is 0 Å². The van der Waals surface area contributed by atoms with Gasteiger partial charge >= 0.3 is 6.61 Å². The molecule has 3 rings (SSSR count). The summed E-state index contributed by atoms with van der Waals surface area (Å²) in [5.41, 5.74) is 1.62. The third-order valence-corrected chi connectivity index (χ3v) is 4.78. The van der Waals surface area contributed by atoms with Gasteiger partial charge in [-0.2, -0.15) is 8.78 Å². The van der Waals surface area contributed by atoms with Gasteiger partial charge in [0.15, 0.2) is 23.9 Å². The number of ketones is 1. The van der Waals surface area contributed by atoms with E-state index in [1.165, 1.54) is 25.3 Å². The molecule has 0 bridgehead atoms. The molecule has 0 aliphatic carbocycles. The van der Waals surface area contributed by atoms with Crippen LogP contribution in [0.3, 0.4) is 0 Å². The summed E-state index contributed by atoms with van der Waals surface area (Å²) in [5, 5.41) is 3.21. The largest absolute Gasteiger partial charge is 0.493 e. The van der Waals surface area contributed by atoms with Crippen molar-refractivity contribution in [2.75, 3.05) is 13.7 Å². The van der Waals surface area contributed by atoms with E-state index in [-0.39, 0.29) is 36.3 Å². The summed E-state index contributed by atoms with van der Waals surface area (Å²) in [6, 6.07) is 17.4. The molecule has 0 saturated heterocycles. The number of hydrogen-bond donors (Lipinski definition) is 1. The van der Waals surface area contributed by atoms with Gasteiger partial charge in [0.05, 0.1) is 7.11 Å². The van der Waals surface area contributed by atoms with Gasteiger partial charge < -0.3 is 19.5 Å². The van der Waals surface area contributed by atoms with Crippen molar-refractivity contribution in [1.82, 2.24) is 5.32 Å². The highest BCUT2D eigenvalue weighted by Crippen LogP contribution is 2.29. The number of halogens is 3. The van der Waals surface area contributed by atoms with Gasteiger partial charge in [-0.05, 0) is 66.2 Å². The molecule has 0 aliphatic heterocycles. The van der Waals surface area contributed by atoms with Gasteiger partial charge in [-0.15, -0.1) is 0 Å². The van der Waals surface area contributed by atoms with Gasteiger partial charge in [0.2, 0.25) is 0 Å². The molecule has 33 heavy (non-hydrogen) atoms. The van der Waals surface area contributed by atoms with Crippen molar-refractivity contribution in [2.45, 2.75) is 13.2 Å². The minimum atomic E-state index is -2.97. The van der Waals surface area contributed by atoms with Crippen LogP contribution >= 0.6 is 11.6 Å². The Morgan fingerprint density at radius 2 is 1.58 bits per heavy atom. The van der Waals surface area contributed by atoms with Crippen LogP contribution in [0.15, 0.2) is 66.7 Å². The molecular formula is C24H20ClF2NO5. The second-order valence-corrected chi connectivity index (χ2v) is 7.23. The van der Waals surface area contributed by atoms with Crippen molar-refractivity contribution in [3.05, 3.63) is 88.4 Å². The summed E-state index contributed by atoms with van der Waals surface area (Å²) in [7, 11) is 1.33. The zero-order valence-corrected chi connectivity index (χ0v) is 18.3. The van der Waals surface area contributed by atoms with Crippen molar-refractivity contribution in [3.8, 4) is 17.2 Å². The Hall–Kier alpha value is -3.65. The Morgan fingerprint density at radius 1 is 0.939 bits per heavy atom. The number of carbonyl (C=O) groups excluding carboxylic acids is 2. The molecule has 0 saturated carbocycles. The third-order valence-electron chi connectivity index (χ3n) is 4.53. The molecule has 3 aromatic carbocycles. The standard InChI is InChI=1S/C24H20ClF2NO5/c1-31-21-12-15(2-11-20(21)33-24(26)27)13-28-22(29)14-32-19-9-5-17(6-10-19)23(30)16-3-7-18(25)8-4-16/h2-12,24H,13-14H2,1H3,(H,28,29). The van der Waals surface area contributed by atoms with Crippen molar-refractivity contribution in [2.24, 2.45) is 0 Å². The molecule has 172 valence electrons. The minimum absolute atomic E-state index is 0.0936. The molecule has 0 unspecified atom stereocenters. The number of rotatable bonds is 10. The van der Waals surface area contributed by atoms with Gasteiger partial charge in [0.25, 0.3) is 5.91 Å². The van der Waals surface area contributed by atoms with Crippen LogP contribution in [0.5, 0.6) is 17.2 Å². The summed E-state index contributed by atoms with van der Waals surface area (Å²) in [4.78, 5) is 24.6. The van der Waals surface area contributed by atoms with E-state index in [0.717, 1.165) is 0 Å². The average molecular weight is 476 g/mol. The van der Waals surface area contributed by atoms with Crippen LogP contribution in [-0.4, -0.2) is 32.0 Å². The van der Waals surface area contributed by atoms with Gasteiger partial charge in [-0.3, -0.25) is 9.59 Å². The highest BCUT2D eigenvalue weighted by Gasteiger charge is 2.12. The fourth-order valence-corrected chi connectivity index (χ4v) is 3.01. The van der Waals surface area contributed by atoms with Crippen molar-refractivity contribution in [1.29, 1.82) is 0 Å². The molecule has 0 fully saturated rings. The fraction of sp³-hybridized carbons (Fsp3) is 0.167. The quantitative estimate of drug-likeness (QED) is 0.423. The maximum Gasteiger partial charge on any atom is 0.387 e. The number of nitrogens with one attached hydrogen (secondary N) is 1. The Bertz CT molecular complexity index is 1100. The zero-order chi connectivity index (χ0) is 23.8. The lowest BCUT2D eigenvalue weighted by atomic mass is 10.0. The van der Waals surface area contributed by atoms with Crippen LogP contribution in [0.1, 0.15) is 21.5 Å². The van der Waals surface area contributed by atoms with Gasteiger partial charge in [-0.1, -0.05) is 17.7 Å². The number of benzene rings is 3. The first-order chi connectivity index (χ1) is 15.9. The average Bonchev–Trinajstić information content (AvgIpc) is 2.82. The van der Waals surface area contributed by atoms with Crippen LogP contribution in [0, 0.1) is 0 Å². The molecule has 0 heterocycles. The Balaban J connectivity index is 1.50. The van der Waals surface area contributed by atoms with E-state index in [4.69, 9.17) is 21.1 Å². The van der Waals surface area contributed by atoms with E-state index in [9.17, 15) is 18.4 Å². The van der Waals surface area contributed by atoms with E-state index in [1.54, 1.807) is 48.5 Å². The number of carbonyl (C=O) groups is 2. The van der Waals surface area contributed by atoms with Gasteiger partial charge in [0, 0.05) is 22.7 Å². The van der Waals surface area contributed by atoms with Crippen LogP contribution < -0.4 is 19.5 Å². The van der Waals surface area contributed by atoms with E-state index in [0.29, 0.717) is 27.5 Å². The summed E-state index contributed by atoms with van der Waals surface area (Å²) in [6.45, 7) is -3.07. The molecule has 0 radical (unpaired) electrons. The number of methoxy groups -OCH3 is 1. The normalized spacial score (nSPS) is 10.6. The molecular weight excluding hydrogens is 456 g/mol. The second kappa shape index (κ2) is 11.3. The van der Waals surface area contributed by atoms with E-state index < -0.39 is 6.61 Å². The first-order valence-electron chi connectivity index (χ1n) is 9.77. The van der Waals surface area contributed by atoms with Gasteiger partial charge in [-0.25, -0.2) is 0 Å². The lowest BCUT2D eigenvalue weighted by Crippen LogP contribution is -2.28. The topological polar surface area (TPSA) is 73.9 Å². The number of ether oxygens (including phenoxy) is 3. The highest BCUT2D eigenvalue weighted by molar-refractivity contribution is 6.30. The molecule has 1 amide bonds. The summed E-state index contributed by atoms with van der Waals surface area (Å²) in [5.74, 6) is -0.0806. The Morgan fingerprint density at radius 3 is 2.18 bits per heavy atom. The predicted octanol–water partition coefficient (Wildman–Crippen LogP) is 4.88. The number of alkyl halides is 2. The van der Waals surface area contributed by atoms with E-state index in [2.05, 4.69) is 10.1 Å². The summed E-state index contributed by atoms with van der Waals surface area (Å²) in [6.07, 6.45) is 0. The molecule has 0 aliphatic rings. The van der Waals surface area contributed by atoms with Crippen LogP contribution in [0.25, 0.3) is 0 Å². The van der Waals surface area contributed by atoms with Gasteiger partial charge in [0.1, 0.15) is 5.75 Å². The number of hydrogen-bond acceptors (Lipinski definition) is 5. The van der Waals surface area contributed by atoms with E-state index in [1.807, 2.05) is 0 Å².